The molecule has 1 aromatic heterocycles. The summed E-state index contributed by atoms with van der Waals surface area (Å²) in [4.78, 5) is 18.9. The summed E-state index contributed by atoms with van der Waals surface area (Å²) in [6, 6.07) is 8.31. The molecule has 25 heavy (non-hydrogen) atoms. The molecule has 0 radical (unpaired) electrons. The molecule has 1 atom stereocenters. The molecule has 0 spiro atoms. The lowest BCUT2D eigenvalue weighted by atomic mass is 9.90. The molecule has 0 saturated carbocycles. The number of nitrogens with two attached hydrogens (primary N) is 1. The molecule has 0 aliphatic carbocycles. The quantitative estimate of drug-likeness (QED) is 0.871. The fourth-order valence-corrected chi connectivity index (χ4v) is 3.28. The number of ether oxygens (including phenoxy) is 1. The van der Waals surface area contributed by atoms with E-state index in [9.17, 15) is 4.79 Å². The van der Waals surface area contributed by atoms with Crippen LogP contribution in [0.25, 0.3) is 0 Å². The van der Waals surface area contributed by atoms with Gasteiger partial charge in [-0.05, 0) is 48.7 Å². The molecule has 3 rings (SSSR count). The Labute approximate surface area is 156 Å². The highest BCUT2D eigenvalue weighted by Crippen LogP contribution is 2.34. The molecule has 2 aromatic rings. The molecule has 1 aliphatic heterocycles. The number of carbonyl (C=O) groups is 1. The molecule has 1 amide bonds. The molecular formula is C18H19Cl2N3O2. The summed E-state index contributed by atoms with van der Waals surface area (Å²) in [6.07, 6.45) is 2.46. The number of rotatable bonds is 4. The van der Waals surface area contributed by atoms with E-state index in [0.29, 0.717) is 41.0 Å². The van der Waals surface area contributed by atoms with Crippen LogP contribution in [0, 0.1) is 5.41 Å². The summed E-state index contributed by atoms with van der Waals surface area (Å²) < 4.78 is 5.78. The standard InChI is InChI=1S/C18H19Cl2N3O2/c1-18(10-21)6-8-23(11-18)17(24)13-3-2-7-22-16(13)25-15-5-4-12(19)9-14(15)20/h2-5,7,9H,6,8,10-11,21H2,1H3. The van der Waals surface area contributed by atoms with Gasteiger partial charge in [-0.15, -0.1) is 0 Å². The molecule has 5 nitrogen and oxygen atoms in total. The Kier molecular flexibility index (Phi) is 5.18. The first-order chi connectivity index (χ1) is 11.9. The molecule has 1 unspecified atom stereocenters. The molecule has 2 N–H and O–H groups in total. The summed E-state index contributed by atoms with van der Waals surface area (Å²) in [5.41, 5.74) is 6.18. The van der Waals surface area contributed by atoms with Crippen LogP contribution in [0.3, 0.4) is 0 Å². The summed E-state index contributed by atoms with van der Waals surface area (Å²) in [5, 5.41) is 0.862. The second-order valence-corrected chi connectivity index (χ2v) is 7.37. The van der Waals surface area contributed by atoms with Crippen LogP contribution in [-0.4, -0.2) is 35.4 Å². The fourth-order valence-electron chi connectivity index (χ4n) is 2.83. The minimum absolute atomic E-state index is 0.0433. The summed E-state index contributed by atoms with van der Waals surface area (Å²) in [5.74, 6) is 0.496. The molecule has 0 bridgehead atoms. The van der Waals surface area contributed by atoms with Crippen molar-refractivity contribution in [3.05, 3.63) is 52.1 Å². The Morgan fingerprint density at radius 1 is 1.40 bits per heavy atom. The average molecular weight is 380 g/mol. The maximum Gasteiger partial charge on any atom is 0.259 e. The molecule has 1 saturated heterocycles. The summed E-state index contributed by atoms with van der Waals surface area (Å²) in [6.45, 7) is 3.93. The van der Waals surface area contributed by atoms with Crippen LogP contribution in [0.5, 0.6) is 11.6 Å². The first kappa shape index (κ1) is 18.0. The number of likely N-dealkylation sites (tertiary alicyclic amines) is 1. The van der Waals surface area contributed by atoms with Crippen LogP contribution in [0.4, 0.5) is 0 Å². The van der Waals surface area contributed by atoms with E-state index in [2.05, 4.69) is 11.9 Å². The molecule has 7 heteroatoms. The van der Waals surface area contributed by atoms with Gasteiger partial charge in [0.1, 0.15) is 11.3 Å². The SMILES string of the molecule is CC1(CN)CCN(C(=O)c2cccnc2Oc2ccc(Cl)cc2Cl)C1. The highest BCUT2D eigenvalue weighted by atomic mass is 35.5. The van der Waals surface area contributed by atoms with E-state index in [1.807, 2.05) is 0 Å². The third kappa shape index (κ3) is 3.89. The zero-order chi connectivity index (χ0) is 18.0. The van der Waals surface area contributed by atoms with Gasteiger partial charge < -0.3 is 15.4 Å². The second-order valence-electron chi connectivity index (χ2n) is 6.52. The highest BCUT2D eigenvalue weighted by Gasteiger charge is 2.36. The lowest BCUT2D eigenvalue weighted by molar-refractivity contribution is 0.0773. The van der Waals surface area contributed by atoms with Gasteiger partial charge in [0.25, 0.3) is 5.91 Å². The highest BCUT2D eigenvalue weighted by molar-refractivity contribution is 6.35. The van der Waals surface area contributed by atoms with Crippen molar-refractivity contribution in [2.75, 3.05) is 19.6 Å². The zero-order valence-electron chi connectivity index (χ0n) is 13.8. The van der Waals surface area contributed by atoms with Crippen molar-refractivity contribution in [2.45, 2.75) is 13.3 Å². The fraction of sp³-hybridized carbons (Fsp3) is 0.333. The van der Waals surface area contributed by atoms with Gasteiger partial charge in [-0.2, -0.15) is 0 Å². The number of hydrogen-bond donors (Lipinski definition) is 1. The van der Waals surface area contributed by atoms with Crippen LogP contribution in [0.2, 0.25) is 10.0 Å². The van der Waals surface area contributed by atoms with Gasteiger partial charge in [-0.25, -0.2) is 4.98 Å². The van der Waals surface area contributed by atoms with Crippen molar-refractivity contribution in [3.63, 3.8) is 0 Å². The first-order valence-corrected chi connectivity index (χ1v) is 8.75. The third-order valence-electron chi connectivity index (χ3n) is 4.44. The Hall–Kier alpha value is -1.82. The maximum absolute atomic E-state index is 12.9. The molecule has 2 heterocycles. The van der Waals surface area contributed by atoms with E-state index in [1.165, 1.54) is 0 Å². The Bertz CT molecular complexity index is 800. The zero-order valence-corrected chi connectivity index (χ0v) is 15.3. The normalized spacial score (nSPS) is 19.9. The minimum atomic E-state index is -0.120. The van der Waals surface area contributed by atoms with Gasteiger partial charge in [0.15, 0.2) is 0 Å². The van der Waals surface area contributed by atoms with Crippen molar-refractivity contribution < 1.29 is 9.53 Å². The van der Waals surface area contributed by atoms with Gasteiger partial charge in [0, 0.05) is 24.3 Å². The predicted octanol–water partition coefficient (Wildman–Crippen LogP) is 3.99. The van der Waals surface area contributed by atoms with E-state index in [0.717, 1.165) is 6.42 Å². The topological polar surface area (TPSA) is 68.5 Å². The first-order valence-electron chi connectivity index (χ1n) is 7.99. The Morgan fingerprint density at radius 2 is 2.20 bits per heavy atom. The number of carbonyl (C=O) groups excluding carboxylic acids is 1. The van der Waals surface area contributed by atoms with Crippen LogP contribution < -0.4 is 10.5 Å². The van der Waals surface area contributed by atoms with Crippen molar-refractivity contribution in [2.24, 2.45) is 11.1 Å². The van der Waals surface area contributed by atoms with Gasteiger partial charge >= 0.3 is 0 Å². The number of aromatic nitrogens is 1. The maximum atomic E-state index is 12.9. The molecule has 1 fully saturated rings. The molecule has 1 aromatic carbocycles. The van der Waals surface area contributed by atoms with Crippen LogP contribution >= 0.6 is 23.2 Å². The van der Waals surface area contributed by atoms with E-state index in [1.54, 1.807) is 41.4 Å². The van der Waals surface area contributed by atoms with Gasteiger partial charge in [0.05, 0.1) is 5.02 Å². The molecule has 1 aliphatic rings. The van der Waals surface area contributed by atoms with Gasteiger partial charge in [-0.3, -0.25) is 4.79 Å². The van der Waals surface area contributed by atoms with E-state index in [4.69, 9.17) is 33.7 Å². The van der Waals surface area contributed by atoms with E-state index < -0.39 is 0 Å². The number of benzene rings is 1. The average Bonchev–Trinajstić information content (AvgIpc) is 3.00. The smallest absolute Gasteiger partial charge is 0.259 e. The number of halogens is 2. The van der Waals surface area contributed by atoms with Crippen molar-refractivity contribution in [1.29, 1.82) is 0 Å². The predicted molar refractivity (Wildman–Crippen MR) is 98.5 cm³/mol. The number of nitrogens with zero attached hydrogens (tertiary/aromatic N) is 2. The summed E-state index contributed by atoms with van der Waals surface area (Å²) >= 11 is 12.0. The third-order valence-corrected chi connectivity index (χ3v) is 4.97. The summed E-state index contributed by atoms with van der Waals surface area (Å²) in [7, 11) is 0. The Morgan fingerprint density at radius 3 is 2.88 bits per heavy atom. The molecule has 132 valence electrons. The lowest BCUT2D eigenvalue weighted by Gasteiger charge is -2.23. The van der Waals surface area contributed by atoms with E-state index >= 15 is 0 Å². The monoisotopic (exact) mass is 379 g/mol. The van der Waals surface area contributed by atoms with Crippen LogP contribution in [0.15, 0.2) is 36.5 Å². The van der Waals surface area contributed by atoms with E-state index in [-0.39, 0.29) is 17.2 Å². The number of hydrogen-bond acceptors (Lipinski definition) is 4. The minimum Gasteiger partial charge on any atom is -0.437 e. The van der Waals surface area contributed by atoms with Crippen molar-refractivity contribution >= 4 is 29.1 Å². The lowest BCUT2D eigenvalue weighted by Crippen LogP contribution is -2.34. The van der Waals surface area contributed by atoms with Crippen LogP contribution in [0.1, 0.15) is 23.7 Å². The number of pyridine rings is 1. The van der Waals surface area contributed by atoms with Crippen molar-refractivity contribution in [3.8, 4) is 11.6 Å². The van der Waals surface area contributed by atoms with Crippen molar-refractivity contribution in [1.82, 2.24) is 9.88 Å². The Balaban J connectivity index is 1.85. The van der Waals surface area contributed by atoms with Crippen LogP contribution in [-0.2, 0) is 0 Å². The largest absolute Gasteiger partial charge is 0.437 e. The van der Waals surface area contributed by atoms with Gasteiger partial charge in [0.2, 0.25) is 5.88 Å². The van der Waals surface area contributed by atoms with Gasteiger partial charge in [-0.1, -0.05) is 30.1 Å². The number of amides is 1. The second kappa shape index (κ2) is 7.20. The molecular weight excluding hydrogens is 361 g/mol.